The van der Waals surface area contributed by atoms with E-state index in [2.05, 4.69) is 20.6 Å². The van der Waals surface area contributed by atoms with Gasteiger partial charge in [-0.15, -0.1) is 0 Å². The van der Waals surface area contributed by atoms with E-state index in [1.807, 2.05) is 31.2 Å². The fourth-order valence-electron chi connectivity index (χ4n) is 1.89. The summed E-state index contributed by atoms with van der Waals surface area (Å²) in [6.07, 6.45) is 2.41. The minimum absolute atomic E-state index is 0.253. The normalized spacial score (nSPS) is 10.3. The van der Waals surface area contributed by atoms with E-state index in [1.165, 1.54) is 0 Å². The zero-order chi connectivity index (χ0) is 15.8. The molecule has 22 heavy (non-hydrogen) atoms. The minimum atomic E-state index is -0.253. The highest BCUT2D eigenvalue weighted by atomic mass is 16.5. The number of hydrogen-bond acceptors (Lipinski definition) is 5. The smallest absolute Gasteiger partial charge is 0.274 e. The summed E-state index contributed by atoms with van der Waals surface area (Å²) in [5, 5.41) is 5.92. The van der Waals surface area contributed by atoms with Crippen LogP contribution in [-0.4, -0.2) is 36.1 Å². The Kier molecular flexibility index (Phi) is 5.85. The fraction of sp³-hybridized carbons (Fsp3) is 0.312. The molecule has 6 heteroatoms. The summed E-state index contributed by atoms with van der Waals surface area (Å²) >= 11 is 0. The molecule has 0 saturated heterocycles. The number of anilines is 2. The number of carbonyl (C=O) groups excluding carboxylic acids is 1. The van der Waals surface area contributed by atoms with Crippen molar-refractivity contribution in [3.63, 3.8) is 0 Å². The molecule has 6 nitrogen and oxygen atoms in total. The molecule has 0 aliphatic heterocycles. The number of aryl methyl sites for hydroxylation is 1. The predicted octanol–water partition coefficient (Wildman–Crippen LogP) is 2.49. The van der Waals surface area contributed by atoms with Crippen LogP contribution < -0.4 is 10.6 Å². The average Bonchev–Trinajstić information content (AvgIpc) is 2.54. The van der Waals surface area contributed by atoms with Gasteiger partial charge in [0.1, 0.15) is 5.69 Å². The van der Waals surface area contributed by atoms with Crippen molar-refractivity contribution in [2.24, 2.45) is 0 Å². The molecule has 0 fully saturated rings. The maximum absolute atomic E-state index is 12.2. The van der Waals surface area contributed by atoms with Crippen LogP contribution in [0.5, 0.6) is 0 Å². The van der Waals surface area contributed by atoms with Crippen LogP contribution in [0.3, 0.4) is 0 Å². The first kappa shape index (κ1) is 15.9. The number of rotatable bonds is 7. The number of nitrogens with zero attached hydrogens (tertiary/aromatic N) is 2. The van der Waals surface area contributed by atoms with Crippen molar-refractivity contribution in [1.29, 1.82) is 0 Å². The van der Waals surface area contributed by atoms with Gasteiger partial charge in [0.05, 0.1) is 0 Å². The Balaban J connectivity index is 1.99. The summed E-state index contributed by atoms with van der Waals surface area (Å²) in [4.78, 5) is 20.6. The molecule has 1 aromatic heterocycles. The van der Waals surface area contributed by atoms with E-state index in [4.69, 9.17) is 4.74 Å². The Morgan fingerprint density at radius 3 is 2.86 bits per heavy atom. The van der Waals surface area contributed by atoms with Gasteiger partial charge in [0, 0.05) is 32.1 Å². The third-order valence-electron chi connectivity index (χ3n) is 3.09. The lowest BCUT2D eigenvalue weighted by molar-refractivity contribution is 0.102. The summed E-state index contributed by atoms with van der Waals surface area (Å²) in [7, 11) is 1.66. The largest absolute Gasteiger partial charge is 0.385 e. The number of aromatic nitrogens is 2. The molecule has 0 aliphatic rings. The van der Waals surface area contributed by atoms with Crippen LogP contribution in [0.2, 0.25) is 0 Å². The highest BCUT2D eigenvalue weighted by Crippen LogP contribution is 2.14. The maximum Gasteiger partial charge on any atom is 0.274 e. The Morgan fingerprint density at radius 1 is 1.27 bits per heavy atom. The lowest BCUT2D eigenvalue weighted by Crippen LogP contribution is -2.16. The molecular formula is C16H20N4O2. The molecular weight excluding hydrogens is 280 g/mol. The SMILES string of the molecule is COCCCNc1nccc(C(=O)Nc2ccccc2C)n1. The molecule has 0 radical (unpaired) electrons. The summed E-state index contributed by atoms with van der Waals surface area (Å²) in [5.41, 5.74) is 2.11. The molecule has 1 aromatic carbocycles. The number of methoxy groups -OCH3 is 1. The van der Waals surface area contributed by atoms with Gasteiger partial charge >= 0.3 is 0 Å². The number of nitrogens with one attached hydrogen (secondary N) is 2. The molecule has 1 heterocycles. The third-order valence-corrected chi connectivity index (χ3v) is 3.09. The fourth-order valence-corrected chi connectivity index (χ4v) is 1.89. The van der Waals surface area contributed by atoms with Gasteiger partial charge in [-0.05, 0) is 31.0 Å². The van der Waals surface area contributed by atoms with Gasteiger partial charge < -0.3 is 15.4 Å². The van der Waals surface area contributed by atoms with Gasteiger partial charge in [0.2, 0.25) is 5.95 Å². The number of ether oxygens (including phenoxy) is 1. The minimum Gasteiger partial charge on any atom is -0.385 e. The van der Waals surface area contributed by atoms with Crippen LogP contribution in [0.15, 0.2) is 36.5 Å². The lowest BCUT2D eigenvalue weighted by Gasteiger charge is -2.09. The van der Waals surface area contributed by atoms with E-state index in [0.717, 1.165) is 17.7 Å². The van der Waals surface area contributed by atoms with Crippen molar-refractivity contribution in [2.45, 2.75) is 13.3 Å². The van der Waals surface area contributed by atoms with Gasteiger partial charge in [-0.25, -0.2) is 9.97 Å². The molecule has 0 unspecified atom stereocenters. The molecule has 0 bridgehead atoms. The Morgan fingerprint density at radius 2 is 2.09 bits per heavy atom. The highest BCUT2D eigenvalue weighted by molar-refractivity contribution is 6.03. The van der Waals surface area contributed by atoms with E-state index in [0.29, 0.717) is 24.8 Å². The zero-order valence-electron chi connectivity index (χ0n) is 12.8. The molecule has 2 N–H and O–H groups in total. The predicted molar refractivity (Wildman–Crippen MR) is 86.1 cm³/mol. The number of benzene rings is 1. The molecule has 116 valence electrons. The van der Waals surface area contributed by atoms with E-state index in [1.54, 1.807) is 19.4 Å². The van der Waals surface area contributed by atoms with E-state index < -0.39 is 0 Å². The number of carbonyl (C=O) groups is 1. The van der Waals surface area contributed by atoms with Crippen molar-refractivity contribution in [3.8, 4) is 0 Å². The molecule has 2 aromatic rings. The van der Waals surface area contributed by atoms with Gasteiger partial charge in [-0.1, -0.05) is 18.2 Å². The number of amides is 1. The molecule has 0 atom stereocenters. The topological polar surface area (TPSA) is 76.1 Å². The molecule has 0 spiro atoms. The monoisotopic (exact) mass is 300 g/mol. The van der Waals surface area contributed by atoms with Crippen molar-refractivity contribution >= 4 is 17.5 Å². The first-order valence-electron chi connectivity index (χ1n) is 7.13. The zero-order valence-corrected chi connectivity index (χ0v) is 12.8. The van der Waals surface area contributed by atoms with Crippen LogP contribution in [0.25, 0.3) is 0 Å². The van der Waals surface area contributed by atoms with Crippen LogP contribution in [0, 0.1) is 6.92 Å². The summed E-state index contributed by atoms with van der Waals surface area (Å²) in [6, 6.07) is 9.20. The van der Waals surface area contributed by atoms with Crippen LogP contribution in [-0.2, 0) is 4.74 Å². The van der Waals surface area contributed by atoms with E-state index in [-0.39, 0.29) is 5.91 Å². The van der Waals surface area contributed by atoms with Gasteiger partial charge in [0.15, 0.2) is 0 Å². The Hall–Kier alpha value is -2.47. The van der Waals surface area contributed by atoms with Crippen LogP contribution in [0.4, 0.5) is 11.6 Å². The molecule has 1 amide bonds. The van der Waals surface area contributed by atoms with Gasteiger partial charge in [0.25, 0.3) is 5.91 Å². The molecule has 0 aliphatic carbocycles. The van der Waals surface area contributed by atoms with Crippen molar-refractivity contribution in [2.75, 3.05) is 30.9 Å². The quantitative estimate of drug-likeness (QED) is 0.768. The summed E-state index contributed by atoms with van der Waals surface area (Å²) < 4.78 is 4.97. The van der Waals surface area contributed by atoms with Crippen molar-refractivity contribution < 1.29 is 9.53 Å². The average molecular weight is 300 g/mol. The lowest BCUT2D eigenvalue weighted by atomic mass is 10.2. The second kappa shape index (κ2) is 8.09. The standard InChI is InChI=1S/C16H20N4O2/c1-12-6-3-4-7-13(12)19-15(21)14-8-10-18-16(20-14)17-9-5-11-22-2/h3-4,6-8,10H,5,9,11H2,1-2H3,(H,19,21)(H,17,18,20). The summed E-state index contributed by atoms with van der Waals surface area (Å²) in [5.74, 6) is 0.185. The highest BCUT2D eigenvalue weighted by Gasteiger charge is 2.10. The van der Waals surface area contributed by atoms with E-state index in [9.17, 15) is 4.79 Å². The first-order chi connectivity index (χ1) is 10.7. The molecule has 2 rings (SSSR count). The second-order valence-electron chi connectivity index (χ2n) is 4.81. The maximum atomic E-state index is 12.2. The summed E-state index contributed by atoms with van der Waals surface area (Å²) in [6.45, 7) is 3.30. The van der Waals surface area contributed by atoms with Crippen molar-refractivity contribution in [1.82, 2.24) is 9.97 Å². The Labute approximate surface area is 129 Å². The Bertz CT molecular complexity index is 631. The second-order valence-corrected chi connectivity index (χ2v) is 4.81. The first-order valence-corrected chi connectivity index (χ1v) is 7.13. The van der Waals surface area contributed by atoms with Crippen LogP contribution >= 0.6 is 0 Å². The molecule has 0 saturated carbocycles. The van der Waals surface area contributed by atoms with Gasteiger partial charge in [-0.2, -0.15) is 0 Å². The van der Waals surface area contributed by atoms with Crippen LogP contribution in [0.1, 0.15) is 22.5 Å². The van der Waals surface area contributed by atoms with E-state index >= 15 is 0 Å². The van der Waals surface area contributed by atoms with Crippen molar-refractivity contribution in [3.05, 3.63) is 47.8 Å². The van der Waals surface area contributed by atoms with Gasteiger partial charge in [-0.3, -0.25) is 4.79 Å². The number of hydrogen-bond donors (Lipinski definition) is 2. The number of para-hydroxylation sites is 1. The third kappa shape index (κ3) is 4.53.